The molecular formula is C19H39NO. The second-order valence-corrected chi connectivity index (χ2v) is 7.01. The van der Waals surface area contributed by atoms with Gasteiger partial charge in [-0.2, -0.15) is 0 Å². The summed E-state index contributed by atoms with van der Waals surface area (Å²) in [7, 11) is 0. The molecule has 0 aromatic carbocycles. The van der Waals surface area contributed by atoms with Crippen LogP contribution in [0.4, 0.5) is 0 Å². The quantitative estimate of drug-likeness (QED) is 0.719. The van der Waals surface area contributed by atoms with Gasteiger partial charge in [-0.25, -0.2) is 0 Å². The first-order valence-corrected chi connectivity index (χ1v) is 9.69. The maximum Gasteiger partial charge on any atom is 0.0692 e. The lowest BCUT2D eigenvalue weighted by atomic mass is 9.95. The molecule has 1 unspecified atom stereocenters. The minimum Gasteiger partial charge on any atom is -0.392 e. The van der Waals surface area contributed by atoms with Gasteiger partial charge in [-0.3, -0.25) is 0 Å². The summed E-state index contributed by atoms with van der Waals surface area (Å²) < 4.78 is 0. The zero-order valence-electron chi connectivity index (χ0n) is 14.6. The monoisotopic (exact) mass is 297 g/mol. The van der Waals surface area contributed by atoms with Gasteiger partial charge in [0.1, 0.15) is 0 Å². The first-order valence-electron chi connectivity index (χ1n) is 9.69. The number of rotatable bonds is 6. The molecule has 2 heteroatoms. The first kappa shape index (κ1) is 19.0. The van der Waals surface area contributed by atoms with E-state index in [0.717, 1.165) is 19.4 Å². The van der Waals surface area contributed by atoms with Gasteiger partial charge in [-0.1, -0.05) is 84.5 Å². The molecule has 1 saturated carbocycles. The van der Waals surface area contributed by atoms with Crippen LogP contribution in [0.15, 0.2) is 0 Å². The second kappa shape index (κ2) is 12.5. The fourth-order valence-electron chi connectivity index (χ4n) is 3.65. The van der Waals surface area contributed by atoms with Gasteiger partial charge in [-0.15, -0.1) is 0 Å². The molecule has 0 aromatic heterocycles. The van der Waals surface area contributed by atoms with Crippen molar-refractivity contribution in [1.82, 2.24) is 5.32 Å². The Morgan fingerprint density at radius 3 is 1.67 bits per heavy atom. The van der Waals surface area contributed by atoms with E-state index in [1.165, 1.54) is 70.6 Å². The van der Waals surface area contributed by atoms with Crippen molar-refractivity contribution in [3.63, 3.8) is 0 Å². The third kappa shape index (κ3) is 8.83. The van der Waals surface area contributed by atoms with Crippen LogP contribution < -0.4 is 5.32 Å². The molecule has 2 N–H and O–H groups in total. The van der Waals surface area contributed by atoms with Gasteiger partial charge in [0.25, 0.3) is 0 Å². The van der Waals surface area contributed by atoms with Crippen molar-refractivity contribution in [1.29, 1.82) is 0 Å². The van der Waals surface area contributed by atoms with E-state index in [4.69, 9.17) is 0 Å². The average Bonchev–Trinajstić information content (AvgIpc) is 2.48. The van der Waals surface area contributed by atoms with E-state index in [1.54, 1.807) is 0 Å². The largest absolute Gasteiger partial charge is 0.392 e. The topological polar surface area (TPSA) is 32.3 Å². The molecule has 1 aliphatic carbocycles. The summed E-state index contributed by atoms with van der Waals surface area (Å²) in [4.78, 5) is 0. The highest BCUT2D eigenvalue weighted by Crippen LogP contribution is 2.18. The smallest absolute Gasteiger partial charge is 0.0692 e. The van der Waals surface area contributed by atoms with Crippen molar-refractivity contribution in [2.24, 2.45) is 5.92 Å². The zero-order valence-corrected chi connectivity index (χ0v) is 14.6. The molecule has 1 fully saturated rings. The van der Waals surface area contributed by atoms with E-state index >= 15 is 0 Å². The molecule has 0 saturated heterocycles. The maximum absolute atomic E-state index is 10.3. The van der Waals surface area contributed by atoms with E-state index < -0.39 is 0 Å². The number of hydrogen-bond donors (Lipinski definition) is 2. The van der Waals surface area contributed by atoms with Crippen LogP contribution in [0.1, 0.15) is 97.3 Å². The Morgan fingerprint density at radius 2 is 1.24 bits per heavy atom. The van der Waals surface area contributed by atoms with Crippen LogP contribution >= 0.6 is 0 Å². The van der Waals surface area contributed by atoms with Gasteiger partial charge >= 0.3 is 0 Å². The Bertz CT molecular complexity index is 216. The lowest BCUT2D eigenvalue weighted by Crippen LogP contribution is -2.38. The Balaban J connectivity index is 2.30. The number of aliphatic hydroxyl groups is 1. The molecule has 0 amide bonds. The molecule has 2 nitrogen and oxygen atoms in total. The van der Waals surface area contributed by atoms with Crippen LogP contribution in [0.2, 0.25) is 0 Å². The predicted octanol–water partition coefficient (Wildman–Crippen LogP) is 5.05. The van der Waals surface area contributed by atoms with Gasteiger partial charge in [0.2, 0.25) is 0 Å². The van der Waals surface area contributed by atoms with Crippen LogP contribution in [0.3, 0.4) is 0 Å². The SMILES string of the molecule is CCC(CC)C(O)CNC1CCCCCCCCCCC1. The molecule has 21 heavy (non-hydrogen) atoms. The van der Waals surface area contributed by atoms with Crippen molar-refractivity contribution >= 4 is 0 Å². The third-order valence-electron chi connectivity index (χ3n) is 5.31. The molecule has 126 valence electrons. The van der Waals surface area contributed by atoms with E-state index in [0.29, 0.717) is 12.0 Å². The summed E-state index contributed by atoms with van der Waals surface area (Å²) in [6.07, 6.45) is 17.3. The molecule has 0 heterocycles. The fraction of sp³-hybridized carbons (Fsp3) is 1.00. The summed E-state index contributed by atoms with van der Waals surface area (Å²) in [6, 6.07) is 0.633. The van der Waals surface area contributed by atoms with Crippen LogP contribution in [-0.2, 0) is 0 Å². The Morgan fingerprint density at radius 1 is 0.810 bits per heavy atom. The highest BCUT2D eigenvalue weighted by Gasteiger charge is 2.17. The van der Waals surface area contributed by atoms with Crippen molar-refractivity contribution in [3.05, 3.63) is 0 Å². The number of aliphatic hydroxyl groups excluding tert-OH is 1. The molecule has 1 rings (SSSR count). The van der Waals surface area contributed by atoms with Crippen molar-refractivity contribution in [2.75, 3.05) is 6.54 Å². The Kier molecular flexibility index (Phi) is 11.3. The van der Waals surface area contributed by atoms with E-state index in [1.807, 2.05) is 0 Å². The minimum absolute atomic E-state index is 0.165. The normalized spacial score (nSPS) is 21.7. The average molecular weight is 298 g/mol. The highest BCUT2D eigenvalue weighted by molar-refractivity contribution is 4.74. The van der Waals surface area contributed by atoms with Gasteiger partial charge < -0.3 is 10.4 Å². The first-order chi connectivity index (χ1) is 10.3. The van der Waals surface area contributed by atoms with Crippen LogP contribution in [-0.4, -0.2) is 23.8 Å². The van der Waals surface area contributed by atoms with Gasteiger partial charge in [0.05, 0.1) is 6.10 Å². The van der Waals surface area contributed by atoms with E-state index in [2.05, 4.69) is 19.2 Å². The number of nitrogens with one attached hydrogen (secondary N) is 1. The van der Waals surface area contributed by atoms with Crippen molar-refractivity contribution in [3.8, 4) is 0 Å². The van der Waals surface area contributed by atoms with Gasteiger partial charge in [-0.05, 0) is 18.8 Å². The highest BCUT2D eigenvalue weighted by atomic mass is 16.3. The molecular weight excluding hydrogens is 258 g/mol. The minimum atomic E-state index is -0.165. The molecule has 0 bridgehead atoms. The lowest BCUT2D eigenvalue weighted by molar-refractivity contribution is 0.0971. The Labute approximate surface area is 133 Å². The Hall–Kier alpha value is -0.0800. The molecule has 0 aliphatic heterocycles. The third-order valence-corrected chi connectivity index (χ3v) is 5.31. The maximum atomic E-state index is 10.3. The second-order valence-electron chi connectivity index (χ2n) is 7.01. The predicted molar refractivity (Wildman–Crippen MR) is 92.7 cm³/mol. The summed E-state index contributed by atoms with van der Waals surface area (Å²) in [5.41, 5.74) is 0. The molecule has 1 aliphatic rings. The summed E-state index contributed by atoms with van der Waals surface area (Å²) >= 11 is 0. The summed E-state index contributed by atoms with van der Waals surface area (Å²) in [5.74, 6) is 0.462. The summed E-state index contributed by atoms with van der Waals surface area (Å²) in [6.45, 7) is 5.16. The van der Waals surface area contributed by atoms with Gasteiger partial charge in [0.15, 0.2) is 0 Å². The van der Waals surface area contributed by atoms with Gasteiger partial charge in [0, 0.05) is 12.6 Å². The van der Waals surface area contributed by atoms with E-state index in [-0.39, 0.29) is 6.10 Å². The molecule has 0 radical (unpaired) electrons. The fourth-order valence-corrected chi connectivity index (χ4v) is 3.65. The van der Waals surface area contributed by atoms with Crippen LogP contribution in [0.5, 0.6) is 0 Å². The molecule has 1 atom stereocenters. The summed E-state index contributed by atoms with van der Waals surface area (Å²) in [5, 5.41) is 14.0. The van der Waals surface area contributed by atoms with Crippen molar-refractivity contribution in [2.45, 2.75) is 109 Å². The molecule has 0 spiro atoms. The van der Waals surface area contributed by atoms with Crippen LogP contribution in [0, 0.1) is 5.92 Å². The lowest BCUT2D eigenvalue weighted by Gasteiger charge is -2.25. The van der Waals surface area contributed by atoms with Crippen molar-refractivity contribution < 1.29 is 5.11 Å². The van der Waals surface area contributed by atoms with E-state index in [9.17, 15) is 5.11 Å². The zero-order chi connectivity index (χ0) is 15.3. The molecule has 0 aromatic rings. The standard InChI is InChI=1S/C19H39NO/c1-3-17(4-2)19(21)16-20-18-14-12-10-8-6-5-7-9-11-13-15-18/h17-21H,3-16H2,1-2H3. The van der Waals surface area contributed by atoms with Crippen LogP contribution in [0.25, 0.3) is 0 Å². The number of hydrogen-bond acceptors (Lipinski definition) is 2.